The molecular weight excluding hydrogens is 417 g/mol. The lowest BCUT2D eigenvalue weighted by atomic mass is 9.93. The van der Waals surface area contributed by atoms with Crippen molar-refractivity contribution in [1.29, 1.82) is 0 Å². The zero-order valence-corrected chi connectivity index (χ0v) is 17.6. The first-order valence-electron chi connectivity index (χ1n) is 9.81. The Hall–Kier alpha value is -1.86. The summed E-state index contributed by atoms with van der Waals surface area (Å²) in [4.78, 5) is 39.4. The molecule has 154 valence electrons. The van der Waals surface area contributed by atoms with Crippen molar-refractivity contribution in [2.45, 2.75) is 62.4 Å². The average molecular weight is 438 g/mol. The van der Waals surface area contributed by atoms with Gasteiger partial charge in [0.25, 0.3) is 11.8 Å². The Balaban J connectivity index is 1.75. The third-order valence-corrected chi connectivity index (χ3v) is 7.07. The molecule has 4 rings (SSSR count). The van der Waals surface area contributed by atoms with Gasteiger partial charge in [0.2, 0.25) is 0 Å². The van der Waals surface area contributed by atoms with Crippen LogP contribution < -0.4 is 4.90 Å². The quantitative estimate of drug-likeness (QED) is 0.375. The molecule has 0 saturated heterocycles. The molecule has 1 fully saturated rings. The largest absolute Gasteiger partial charge is 0.459 e. The molecule has 1 heterocycles. The summed E-state index contributed by atoms with van der Waals surface area (Å²) >= 11 is 7.33. The van der Waals surface area contributed by atoms with Gasteiger partial charge in [0.15, 0.2) is 5.82 Å². The highest BCUT2D eigenvalue weighted by atomic mass is 35.5. The lowest BCUT2D eigenvalue weighted by Crippen LogP contribution is -2.33. The molecule has 0 N–H and O–H groups in total. The van der Waals surface area contributed by atoms with Crippen LogP contribution in [-0.2, 0) is 14.3 Å². The number of halogens is 2. The summed E-state index contributed by atoms with van der Waals surface area (Å²) in [5.41, 5.74) is 0.652. The summed E-state index contributed by atoms with van der Waals surface area (Å²) in [5.74, 6) is -2.45. The lowest BCUT2D eigenvalue weighted by molar-refractivity contribution is -0.120. The van der Waals surface area contributed by atoms with Crippen LogP contribution in [0.5, 0.6) is 0 Å². The van der Waals surface area contributed by atoms with Crippen molar-refractivity contribution in [2.24, 2.45) is 0 Å². The maximum absolute atomic E-state index is 15.2. The third-order valence-electron chi connectivity index (χ3n) is 5.77. The molecule has 1 saturated carbocycles. The van der Waals surface area contributed by atoms with Crippen molar-refractivity contribution in [3.8, 4) is 0 Å². The second-order valence-electron chi connectivity index (χ2n) is 7.53. The zero-order chi connectivity index (χ0) is 20.7. The highest BCUT2D eigenvalue weighted by Gasteiger charge is 2.42. The fourth-order valence-corrected chi connectivity index (χ4v) is 5.29. The van der Waals surface area contributed by atoms with E-state index in [0.717, 1.165) is 55.2 Å². The van der Waals surface area contributed by atoms with E-state index in [9.17, 15) is 14.4 Å². The second-order valence-corrected chi connectivity index (χ2v) is 8.72. The number of rotatable bonds is 4. The molecule has 0 radical (unpaired) electrons. The number of amides is 2. The van der Waals surface area contributed by atoms with Gasteiger partial charge in [0.1, 0.15) is 6.10 Å². The van der Waals surface area contributed by atoms with Crippen LogP contribution in [0.1, 0.15) is 61.7 Å². The minimum Gasteiger partial charge on any atom is -0.459 e. The SMILES string of the molecule is CSc1c(F)c(N2C(=O)C3=C(CCCC3)C2=O)cc(C(=O)OC2CCCC2)c1Cl. The van der Waals surface area contributed by atoms with Gasteiger partial charge >= 0.3 is 5.97 Å². The van der Waals surface area contributed by atoms with Gasteiger partial charge in [0, 0.05) is 11.1 Å². The van der Waals surface area contributed by atoms with Gasteiger partial charge in [0.05, 0.1) is 21.2 Å². The first kappa shape index (κ1) is 20.4. The third kappa shape index (κ3) is 3.48. The number of esters is 1. The Morgan fingerprint density at radius 3 is 2.28 bits per heavy atom. The Morgan fingerprint density at radius 1 is 1.14 bits per heavy atom. The number of nitrogens with zero attached hydrogens (tertiary/aromatic N) is 1. The summed E-state index contributed by atoms with van der Waals surface area (Å²) in [5, 5.41) is -0.0569. The van der Waals surface area contributed by atoms with Gasteiger partial charge in [-0.1, -0.05) is 11.6 Å². The van der Waals surface area contributed by atoms with Crippen LogP contribution in [0.15, 0.2) is 22.1 Å². The number of carbonyl (C=O) groups is 3. The average Bonchev–Trinajstić information content (AvgIpc) is 3.30. The molecular formula is C21H21ClFNO4S. The van der Waals surface area contributed by atoms with E-state index < -0.39 is 23.6 Å². The van der Waals surface area contributed by atoms with Crippen LogP contribution >= 0.6 is 23.4 Å². The number of ether oxygens (including phenoxy) is 1. The van der Waals surface area contributed by atoms with Crippen molar-refractivity contribution >= 4 is 46.8 Å². The number of hydrogen-bond acceptors (Lipinski definition) is 5. The van der Waals surface area contributed by atoms with Crippen molar-refractivity contribution in [2.75, 3.05) is 11.2 Å². The van der Waals surface area contributed by atoms with Crippen LogP contribution in [0.4, 0.5) is 10.1 Å². The van der Waals surface area contributed by atoms with Gasteiger partial charge in [-0.25, -0.2) is 14.1 Å². The molecule has 0 spiro atoms. The Kier molecular flexibility index (Phi) is 5.71. The number of anilines is 1. The predicted molar refractivity (Wildman–Crippen MR) is 109 cm³/mol. The fourth-order valence-electron chi connectivity index (χ4n) is 4.27. The van der Waals surface area contributed by atoms with Gasteiger partial charge in [-0.3, -0.25) is 9.59 Å². The Bertz CT molecular complexity index is 911. The maximum atomic E-state index is 15.2. The molecule has 1 aliphatic heterocycles. The lowest BCUT2D eigenvalue weighted by Gasteiger charge is -2.20. The molecule has 1 aromatic rings. The molecule has 2 amide bonds. The van der Waals surface area contributed by atoms with Crippen molar-refractivity contribution < 1.29 is 23.5 Å². The van der Waals surface area contributed by atoms with Gasteiger partial charge in [-0.15, -0.1) is 11.8 Å². The van der Waals surface area contributed by atoms with Crippen LogP contribution in [0.2, 0.25) is 5.02 Å². The first-order valence-corrected chi connectivity index (χ1v) is 11.4. The number of thioether (sulfide) groups is 1. The minimum atomic E-state index is -0.776. The zero-order valence-electron chi connectivity index (χ0n) is 16.1. The summed E-state index contributed by atoms with van der Waals surface area (Å²) in [6.45, 7) is 0. The number of hydrogen-bond donors (Lipinski definition) is 0. The first-order chi connectivity index (χ1) is 13.9. The smallest absolute Gasteiger partial charge is 0.340 e. The van der Waals surface area contributed by atoms with E-state index in [1.165, 1.54) is 6.07 Å². The van der Waals surface area contributed by atoms with Gasteiger partial charge in [-0.2, -0.15) is 0 Å². The number of carbonyl (C=O) groups excluding carboxylic acids is 3. The van der Waals surface area contributed by atoms with Crippen molar-refractivity contribution in [3.05, 3.63) is 33.6 Å². The molecule has 3 aliphatic rings. The van der Waals surface area contributed by atoms with E-state index in [-0.39, 0.29) is 27.3 Å². The van der Waals surface area contributed by atoms with Crippen LogP contribution in [-0.4, -0.2) is 30.1 Å². The van der Waals surface area contributed by atoms with E-state index in [2.05, 4.69) is 0 Å². The van der Waals surface area contributed by atoms with E-state index in [4.69, 9.17) is 16.3 Å². The number of imide groups is 1. The highest BCUT2D eigenvalue weighted by Crippen LogP contribution is 2.42. The molecule has 0 atom stereocenters. The molecule has 0 bridgehead atoms. The Labute approximate surface area is 177 Å². The minimum absolute atomic E-state index is 0.0213. The molecule has 8 heteroatoms. The van der Waals surface area contributed by atoms with E-state index in [0.29, 0.717) is 24.0 Å². The molecule has 1 aromatic carbocycles. The standard InChI is InChI=1S/C21H21ClFNO4S/c1-29-18-16(22)14(21(27)28-11-6-2-3-7-11)10-15(17(18)23)24-19(25)12-8-4-5-9-13(12)20(24)26/h10-11H,2-9H2,1H3. The summed E-state index contributed by atoms with van der Waals surface area (Å²) in [6.07, 6.45) is 7.65. The Morgan fingerprint density at radius 2 is 1.72 bits per heavy atom. The molecule has 29 heavy (non-hydrogen) atoms. The molecule has 2 aliphatic carbocycles. The highest BCUT2D eigenvalue weighted by molar-refractivity contribution is 7.98. The van der Waals surface area contributed by atoms with Crippen LogP contribution in [0.25, 0.3) is 0 Å². The van der Waals surface area contributed by atoms with Gasteiger partial charge in [-0.05, 0) is 63.7 Å². The molecule has 0 unspecified atom stereocenters. The van der Waals surface area contributed by atoms with Crippen molar-refractivity contribution in [1.82, 2.24) is 0 Å². The predicted octanol–water partition coefficient (Wildman–Crippen LogP) is 5.04. The van der Waals surface area contributed by atoms with E-state index in [1.807, 2.05) is 0 Å². The summed E-state index contributed by atoms with van der Waals surface area (Å²) < 4.78 is 20.8. The summed E-state index contributed by atoms with van der Waals surface area (Å²) in [7, 11) is 0. The summed E-state index contributed by atoms with van der Waals surface area (Å²) in [6, 6.07) is 1.18. The fraction of sp³-hybridized carbons (Fsp3) is 0.476. The van der Waals surface area contributed by atoms with Crippen LogP contribution in [0, 0.1) is 5.82 Å². The molecule has 0 aromatic heterocycles. The second kappa shape index (κ2) is 8.11. The monoisotopic (exact) mass is 437 g/mol. The van der Waals surface area contributed by atoms with E-state index in [1.54, 1.807) is 6.26 Å². The topological polar surface area (TPSA) is 63.7 Å². The van der Waals surface area contributed by atoms with Crippen LogP contribution in [0.3, 0.4) is 0 Å². The van der Waals surface area contributed by atoms with Gasteiger partial charge < -0.3 is 4.74 Å². The number of benzene rings is 1. The van der Waals surface area contributed by atoms with Crippen molar-refractivity contribution in [3.63, 3.8) is 0 Å². The normalized spacial score (nSPS) is 19.9. The maximum Gasteiger partial charge on any atom is 0.340 e. The molecule has 5 nitrogen and oxygen atoms in total. The van der Waals surface area contributed by atoms with E-state index >= 15 is 4.39 Å².